The highest BCUT2D eigenvalue weighted by Gasteiger charge is 2.30. The standard InChI is InChI=1S/C19H29N3O3S.ClH/c1-13-5-8-22(9-6-13)26(24,25)18-11-16(10-14(2)15(18)3)19(23)21-17-4-7-20-12-17;/h10-11,13,17,20H,4-9,12H2,1-3H3,(H,21,23);1H. The van der Waals surface area contributed by atoms with Crippen LogP contribution in [-0.2, 0) is 10.0 Å². The van der Waals surface area contributed by atoms with Gasteiger partial charge in [-0.05, 0) is 68.8 Å². The monoisotopic (exact) mass is 415 g/mol. The predicted octanol–water partition coefficient (Wildman–Crippen LogP) is 2.24. The number of sulfonamides is 1. The fourth-order valence-electron chi connectivity index (χ4n) is 3.64. The molecule has 2 fully saturated rings. The molecule has 0 aromatic heterocycles. The van der Waals surface area contributed by atoms with Crippen LogP contribution in [0.4, 0.5) is 0 Å². The molecule has 27 heavy (non-hydrogen) atoms. The number of hydrogen-bond donors (Lipinski definition) is 2. The molecule has 1 amide bonds. The maximum atomic E-state index is 13.2. The maximum absolute atomic E-state index is 13.2. The second kappa shape index (κ2) is 8.90. The number of benzene rings is 1. The topological polar surface area (TPSA) is 78.5 Å². The Balaban J connectivity index is 0.00000261. The van der Waals surface area contributed by atoms with E-state index in [2.05, 4.69) is 17.6 Å². The Hall–Kier alpha value is -1.15. The summed E-state index contributed by atoms with van der Waals surface area (Å²) in [6, 6.07) is 3.44. The van der Waals surface area contributed by atoms with E-state index in [4.69, 9.17) is 0 Å². The van der Waals surface area contributed by atoms with Gasteiger partial charge in [-0.1, -0.05) is 6.92 Å². The van der Waals surface area contributed by atoms with Gasteiger partial charge in [0.1, 0.15) is 0 Å². The summed E-state index contributed by atoms with van der Waals surface area (Å²) in [5, 5.41) is 6.21. The molecule has 1 aromatic carbocycles. The number of nitrogens with zero attached hydrogens (tertiary/aromatic N) is 1. The Morgan fingerprint density at radius 1 is 1.19 bits per heavy atom. The van der Waals surface area contributed by atoms with Crippen LogP contribution >= 0.6 is 12.4 Å². The van der Waals surface area contributed by atoms with Gasteiger partial charge in [-0.15, -0.1) is 12.4 Å². The van der Waals surface area contributed by atoms with Gasteiger partial charge < -0.3 is 10.6 Å². The van der Waals surface area contributed by atoms with Crippen molar-refractivity contribution in [3.63, 3.8) is 0 Å². The van der Waals surface area contributed by atoms with E-state index < -0.39 is 10.0 Å². The van der Waals surface area contributed by atoms with Crippen molar-refractivity contribution in [2.75, 3.05) is 26.2 Å². The van der Waals surface area contributed by atoms with Crippen molar-refractivity contribution < 1.29 is 13.2 Å². The molecule has 0 bridgehead atoms. The van der Waals surface area contributed by atoms with Gasteiger partial charge in [-0.2, -0.15) is 4.31 Å². The van der Waals surface area contributed by atoms with Crippen LogP contribution in [0.5, 0.6) is 0 Å². The number of carbonyl (C=O) groups excluding carboxylic acids is 1. The maximum Gasteiger partial charge on any atom is 0.251 e. The Labute approximate surface area is 168 Å². The molecular weight excluding hydrogens is 386 g/mol. The molecule has 1 unspecified atom stereocenters. The predicted molar refractivity (Wildman–Crippen MR) is 109 cm³/mol. The smallest absolute Gasteiger partial charge is 0.251 e. The number of amides is 1. The fourth-order valence-corrected chi connectivity index (χ4v) is 5.43. The van der Waals surface area contributed by atoms with Gasteiger partial charge in [0, 0.05) is 31.2 Å². The number of aryl methyl sites for hydroxylation is 1. The summed E-state index contributed by atoms with van der Waals surface area (Å²) >= 11 is 0. The van der Waals surface area contributed by atoms with Crippen LogP contribution in [-0.4, -0.2) is 50.9 Å². The molecule has 0 spiro atoms. The normalized spacial score (nSPS) is 21.7. The number of rotatable bonds is 4. The molecule has 6 nitrogen and oxygen atoms in total. The van der Waals surface area contributed by atoms with E-state index >= 15 is 0 Å². The van der Waals surface area contributed by atoms with Crippen LogP contribution in [0.1, 0.15) is 47.7 Å². The largest absolute Gasteiger partial charge is 0.348 e. The first kappa shape index (κ1) is 22.1. The molecule has 1 atom stereocenters. The minimum absolute atomic E-state index is 0. The van der Waals surface area contributed by atoms with Gasteiger partial charge in [-0.25, -0.2) is 8.42 Å². The quantitative estimate of drug-likeness (QED) is 0.790. The van der Waals surface area contributed by atoms with Crippen LogP contribution in [0.25, 0.3) is 0 Å². The zero-order chi connectivity index (χ0) is 18.9. The second-order valence-corrected chi connectivity index (χ2v) is 9.57. The number of carbonyl (C=O) groups is 1. The Bertz CT molecular complexity index is 784. The summed E-state index contributed by atoms with van der Waals surface area (Å²) in [7, 11) is -3.58. The van der Waals surface area contributed by atoms with Crippen molar-refractivity contribution >= 4 is 28.3 Å². The van der Waals surface area contributed by atoms with Crippen LogP contribution in [0.3, 0.4) is 0 Å². The Kier molecular flexibility index (Phi) is 7.30. The third-order valence-electron chi connectivity index (χ3n) is 5.64. The molecule has 8 heteroatoms. The molecule has 0 saturated carbocycles. The minimum atomic E-state index is -3.58. The Morgan fingerprint density at radius 3 is 2.44 bits per heavy atom. The molecular formula is C19H30ClN3O3S. The summed E-state index contributed by atoms with van der Waals surface area (Å²) in [6.07, 6.45) is 2.66. The van der Waals surface area contributed by atoms with E-state index in [1.165, 1.54) is 0 Å². The lowest BCUT2D eigenvalue weighted by Crippen LogP contribution is -2.39. The average Bonchev–Trinajstić information content (AvgIpc) is 3.10. The van der Waals surface area contributed by atoms with Gasteiger partial charge >= 0.3 is 0 Å². The number of halogens is 1. The summed E-state index contributed by atoms with van der Waals surface area (Å²) in [5.41, 5.74) is 1.97. The molecule has 2 aliphatic heterocycles. The second-order valence-electron chi connectivity index (χ2n) is 7.67. The van der Waals surface area contributed by atoms with Crippen molar-refractivity contribution in [2.45, 2.75) is 51.0 Å². The van der Waals surface area contributed by atoms with Gasteiger partial charge in [0.2, 0.25) is 10.0 Å². The van der Waals surface area contributed by atoms with Gasteiger partial charge in [0.25, 0.3) is 5.91 Å². The first-order chi connectivity index (χ1) is 12.3. The highest BCUT2D eigenvalue weighted by molar-refractivity contribution is 7.89. The molecule has 3 rings (SSSR count). The zero-order valence-corrected chi connectivity index (χ0v) is 17.9. The molecule has 1 aromatic rings. The lowest BCUT2D eigenvalue weighted by atomic mass is 10.0. The zero-order valence-electron chi connectivity index (χ0n) is 16.2. The summed E-state index contributed by atoms with van der Waals surface area (Å²) in [6.45, 7) is 8.58. The molecule has 2 N–H and O–H groups in total. The molecule has 2 heterocycles. The van der Waals surface area contributed by atoms with Crippen molar-refractivity contribution in [1.29, 1.82) is 0 Å². The Morgan fingerprint density at radius 2 is 1.85 bits per heavy atom. The molecule has 152 valence electrons. The van der Waals surface area contributed by atoms with E-state index in [0.717, 1.165) is 43.5 Å². The van der Waals surface area contributed by atoms with Crippen molar-refractivity contribution in [2.24, 2.45) is 5.92 Å². The van der Waals surface area contributed by atoms with Gasteiger partial charge in [-0.3, -0.25) is 4.79 Å². The van der Waals surface area contributed by atoms with E-state index in [1.54, 1.807) is 16.4 Å². The van der Waals surface area contributed by atoms with Crippen LogP contribution in [0, 0.1) is 19.8 Å². The minimum Gasteiger partial charge on any atom is -0.348 e. The van der Waals surface area contributed by atoms with E-state index in [9.17, 15) is 13.2 Å². The highest BCUT2D eigenvalue weighted by Crippen LogP contribution is 2.28. The third-order valence-corrected chi connectivity index (χ3v) is 7.66. The first-order valence-electron chi connectivity index (χ1n) is 9.42. The molecule has 0 radical (unpaired) electrons. The van der Waals surface area contributed by atoms with E-state index in [0.29, 0.717) is 24.6 Å². The van der Waals surface area contributed by atoms with E-state index in [-0.39, 0.29) is 29.3 Å². The van der Waals surface area contributed by atoms with E-state index in [1.807, 2.05) is 13.8 Å². The van der Waals surface area contributed by atoms with Crippen LogP contribution in [0.15, 0.2) is 17.0 Å². The number of nitrogens with one attached hydrogen (secondary N) is 2. The SMILES string of the molecule is Cc1cc(C(=O)NC2CCNC2)cc(S(=O)(=O)N2CCC(C)CC2)c1C.Cl. The lowest BCUT2D eigenvalue weighted by molar-refractivity contribution is 0.0939. The average molecular weight is 416 g/mol. The van der Waals surface area contributed by atoms with Crippen molar-refractivity contribution in [3.05, 3.63) is 28.8 Å². The highest BCUT2D eigenvalue weighted by atomic mass is 35.5. The van der Waals surface area contributed by atoms with Crippen molar-refractivity contribution in [1.82, 2.24) is 14.9 Å². The summed E-state index contributed by atoms with van der Waals surface area (Å²) in [5.74, 6) is 0.354. The lowest BCUT2D eigenvalue weighted by Gasteiger charge is -2.30. The number of hydrogen-bond acceptors (Lipinski definition) is 4. The fraction of sp³-hybridized carbons (Fsp3) is 0.632. The molecule has 2 aliphatic rings. The summed E-state index contributed by atoms with van der Waals surface area (Å²) in [4.78, 5) is 12.9. The van der Waals surface area contributed by atoms with Gasteiger partial charge in [0.15, 0.2) is 0 Å². The third kappa shape index (κ3) is 4.83. The van der Waals surface area contributed by atoms with Gasteiger partial charge in [0.05, 0.1) is 4.90 Å². The number of piperidine rings is 1. The van der Waals surface area contributed by atoms with Crippen LogP contribution in [0.2, 0.25) is 0 Å². The summed E-state index contributed by atoms with van der Waals surface area (Å²) < 4.78 is 27.9. The van der Waals surface area contributed by atoms with Crippen molar-refractivity contribution in [3.8, 4) is 0 Å². The van der Waals surface area contributed by atoms with Crippen LogP contribution < -0.4 is 10.6 Å². The first-order valence-corrected chi connectivity index (χ1v) is 10.9. The molecule has 0 aliphatic carbocycles. The molecule has 2 saturated heterocycles.